The van der Waals surface area contributed by atoms with E-state index in [9.17, 15) is 9.59 Å². The molecule has 0 aliphatic heterocycles. The molecule has 0 spiro atoms. The van der Waals surface area contributed by atoms with Gasteiger partial charge in [-0.2, -0.15) is 0 Å². The van der Waals surface area contributed by atoms with Gasteiger partial charge in [-0.15, -0.1) is 11.6 Å². The van der Waals surface area contributed by atoms with Gasteiger partial charge in [-0.05, 0) is 48.6 Å². The van der Waals surface area contributed by atoms with Gasteiger partial charge in [0, 0.05) is 12.6 Å². The van der Waals surface area contributed by atoms with Gasteiger partial charge in [-0.1, -0.05) is 55.7 Å². The highest BCUT2D eigenvalue weighted by molar-refractivity contribution is 6.27. The first-order valence-corrected chi connectivity index (χ1v) is 11.4. The summed E-state index contributed by atoms with van der Waals surface area (Å²) in [5.74, 6) is 0.136. The lowest BCUT2D eigenvalue weighted by atomic mass is 9.94. The molecule has 6 heteroatoms. The van der Waals surface area contributed by atoms with E-state index in [0.717, 1.165) is 48.1 Å². The summed E-state index contributed by atoms with van der Waals surface area (Å²) in [5.41, 5.74) is 2.69. The summed E-state index contributed by atoms with van der Waals surface area (Å²) < 4.78 is 5.23. The minimum atomic E-state index is -0.739. The zero-order valence-electron chi connectivity index (χ0n) is 18.3. The fourth-order valence-corrected chi connectivity index (χ4v) is 4.35. The summed E-state index contributed by atoms with van der Waals surface area (Å²) >= 11 is 5.99. The van der Waals surface area contributed by atoms with Crippen molar-refractivity contribution in [1.82, 2.24) is 10.2 Å². The Balaban J connectivity index is 1.94. The summed E-state index contributed by atoms with van der Waals surface area (Å²) in [6, 6.07) is 14.6. The number of nitrogens with one attached hydrogen (secondary N) is 1. The second kappa shape index (κ2) is 11.2. The molecule has 3 rings (SSSR count). The second-order valence-corrected chi connectivity index (χ2v) is 8.37. The third-order valence-electron chi connectivity index (χ3n) is 5.94. The Morgan fingerprint density at radius 1 is 1.10 bits per heavy atom. The molecule has 2 aromatic rings. The van der Waals surface area contributed by atoms with Gasteiger partial charge in [0.05, 0.1) is 7.11 Å². The third kappa shape index (κ3) is 6.01. The van der Waals surface area contributed by atoms with Crippen LogP contribution in [0.4, 0.5) is 0 Å². The van der Waals surface area contributed by atoms with Gasteiger partial charge in [0.15, 0.2) is 0 Å². The Morgan fingerprint density at radius 2 is 1.77 bits per heavy atom. The maximum atomic E-state index is 13.5. The molecule has 2 amide bonds. The Kier molecular flexibility index (Phi) is 8.35. The van der Waals surface area contributed by atoms with Crippen LogP contribution in [-0.4, -0.2) is 35.7 Å². The second-order valence-electron chi connectivity index (χ2n) is 8.11. The molecule has 1 aliphatic carbocycles. The standard InChI is InChI=1S/C25H31ClN2O3/c1-18-8-6-7-11-22(18)24(25(30)27-20-9-4-3-5-10-20)28(23(29)16-26)17-19-12-14-21(31-2)15-13-19/h6-8,11-15,20,24H,3-5,9-10,16-17H2,1-2H3,(H,27,30). The maximum Gasteiger partial charge on any atom is 0.247 e. The Bertz CT molecular complexity index is 879. The smallest absolute Gasteiger partial charge is 0.247 e. The van der Waals surface area contributed by atoms with Crippen molar-refractivity contribution < 1.29 is 14.3 Å². The molecule has 2 aromatic carbocycles. The van der Waals surface area contributed by atoms with E-state index in [-0.39, 0.29) is 30.3 Å². The lowest BCUT2D eigenvalue weighted by Gasteiger charge is -2.34. The monoisotopic (exact) mass is 442 g/mol. The molecule has 1 saturated carbocycles. The molecular formula is C25H31ClN2O3. The van der Waals surface area contributed by atoms with Crippen LogP contribution in [0.5, 0.6) is 5.75 Å². The molecule has 1 N–H and O–H groups in total. The number of nitrogens with zero attached hydrogens (tertiary/aromatic N) is 1. The van der Waals surface area contributed by atoms with Gasteiger partial charge in [0.25, 0.3) is 0 Å². The van der Waals surface area contributed by atoms with E-state index >= 15 is 0 Å². The molecule has 1 fully saturated rings. The van der Waals surface area contributed by atoms with Crippen LogP contribution in [-0.2, 0) is 16.1 Å². The van der Waals surface area contributed by atoms with Crippen LogP contribution in [0.15, 0.2) is 48.5 Å². The predicted octanol–water partition coefficient (Wildman–Crippen LogP) is 4.76. The number of aryl methyl sites for hydroxylation is 1. The molecule has 31 heavy (non-hydrogen) atoms. The molecule has 0 aromatic heterocycles. The van der Waals surface area contributed by atoms with Gasteiger partial charge in [0.2, 0.25) is 11.8 Å². The highest BCUT2D eigenvalue weighted by Crippen LogP contribution is 2.28. The highest BCUT2D eigenvalue weighted by Gasteiger charge is 2.33. The van der Waals surface area contributed by atoms with Crippen molar-refractivity contribution in [1.29, 1.82) is 0 Å². The molecular weight excluding hydrogens is 412 g/mol. The SMILES string of the molecule is COc1ccc(CN(C(=O)CCl)C(C(=O)NC2CCCCC2)c2ccccc2C)cc1. The third-order valence-corrected chi connectivity index (χ3v) is 6.17. The molecule has 1 unspecified atom stereocenters. The summed E-state index contributed by atoms with van der Waals surface area (Å²) in [7, 11) is 1.61. The zero-order valence-corrected chi connectivity index (χ0v) is 19.0. The Labute approximate surface area is 189 Å². The topological polar surface area (TPSA) is 58.6 Å². The summed E-state index contributed by atoms with van der Waals surface area (Å²) in [5, 5.41) is 3.21. The lowest BCUT2D eigenvalue weighted by Crippen LogP contribution is -2.47. The number of methoxy groups -OCH3 is 1. The first-order chi connectivity index (χ1) is 15.0. The lowest BCUT2D eigenvalue weighted by molar-refractivity contribution is -0.140. The number of alkyl halides is 1. The number of carbonyl (C=O) groups excluding carboxylic acids is 2. The van der Waals surface area contributed by atoms with Gasteiger partial charge in [0.1, 0.15) is 17.7 Å². The number of ether oxygens (including phenoxy) is 1. The van der Waals surface area contributed by atoms with Crippen LogP contribution in [0.3, 0.4) is 0 Å². The molecule has 0 saturated heterocycles. The normalized spacial score (nSPS) is 15.2. The van der Waals surface area contributed by atoms with Gasteiger partial charge < -0.3 is 15.0 Å². The molecule has 0 heterocycles. The fraction of sp³-hybridized carbons (Fsp3) is 0.440. The highest BCUT2D eigenvalue weighted by atomic mass is 35.5. The van der Waals surface area contributed by atoms with E-state index in [1.165, 1.54) is 6.42 Å². The number of carbonyl (C=O) groups is 2. The molecule has 5 nitrogen and oxygen atoms in total. The zero-order chi connectivity index (χ0) is 22.2. The number of halogens is 1. The first kappa shape index (κ1) is 23.1. The minimum absolute atomic E-state index is 0.145. The molecule has 0 bridgehead atoms. The largest absolute Gasteiger partial charge is 0.497 e. The minimum Gasteiger partial charge on any atom is -0.497 e. The summed E-state index contributed by atoms with van der Waals surface area (Å²) in [6.45, 7) is 2.25. The Hall–Kier alpha value is -2.53. The number of hydrogen-bond donors (Lipinski definition) is 1. The van der Waals surface area contributed by atoms with Gasteiger partial charge in [-0.25, -0.2) is 0 Å². The average molecular weight is 443 g/mol. The van der Waals surface area contributed by atoms with Gasteiger partial charge >= 0.3 is 0 Å². The number of rotatable bonds is 8. The summed E-state index contributed by atoms with van der Waals surface area (Å²) in [6.07, 6.45) is 5.41. The molecule has 0 radical (unpaired) electrons. The van der Waals surface area contributed by atoms with E-state index in [1.54, 1.807) is 12.0 Å². The van der Waals surface area contributed by atoms with Crippen molar-refractivity contribution in [2.75, 3.05) is 13.0 Å². The van der Waals surface area contributed by atoms with Crippen molar-refractivity contribution in [2.24, 2.45) is 0 Å². The van der Waals surface area contributed by atoms with Crippen molar-refractivity contribution in [3.8, 4) is 5.75 Å². The van der Waals surface area contributed by atoms with Crippen molar-refractivity contribution in [3.05, 3.63) is 65.2 Å². The van der Waals surface area contributed by atoms with Crippen LogP contribution in [0.25, 0.3) is 0 Å². The van der Waals surface area contributed by atoms with Gasteiger partial charge in [-0.3, -0.25) is 9.59 Å². The van der Waals surface area contributed by atoms with Crippen molar-refractivity contribution in [2.45, 2.75) is 57.7 Å². The van der Waals surface area contributed by atoms with Crippen LogP contribution >= 0.6 is 11.6 Å². The van der Waals surface area contributed by atoms with E-state index in [2.05, 4.69) is 5.32 Å². The van der Waals surface area contributed by atoms with E-state index in [1.807, 2.05) is 55.5 Å². The average Bonchev–Trinajstić information content (AvgIpc) is 2.80. The number of amides is 2. The van der Waals surface area contributed by atoms with Crippen molar-refractivity contribution in [3.63, 3.8) is 0 Å². The maximum absolute atomic E-state index is 13.5. The quantitative estimate of drug-likeness (QED) is 0.599. The molecule has 1 aliphatic rings. The van der Waals surface area contributed by atoms with Crippen LogP contribution in [0.1, 0.15) is 54.8 Å². The van der Waals surface area contributed by atoms with Crippen molar-refractivity contribution >= 4 is 23.4 Å². The summed E-state index contributed by atoms with van der Waals surface area (Å²) in [4.78, 5) is 28.1. The predicted molar refractivity (Wildman–Crippen MR) is 123 cm³/mol. The first-order valence-electron chi connectivity index (χ1n) is 10.9. The Morgan fingerprint density at radius 3 is 2.39 bits per heavy atom. The number of benzene rings is 2. The molecule has 166 valence electrons. The van der Waals surface area contributed by atoms with E-state index in [0.29, 0.717) is 0 Å². The van der Waals surface area contributed by atoms with E-state index in [4.69, 9.17) is 16.3 Å². The van der Waals surface area contributed by atoms with Crippen LogP contribution < -0.4 is 10.1 Å². The number of hydrogen-bond acceptors (Lipinski definition) is 3. The van der Waals surface area contributed by atoms with Crippen LogP contribution in [0.2, 0.25) is 0 Å². The molecule has 1 atom stereocenters. The van der Waals surface area contributed by atoms with Crippen LogP contribution in [0, 0.1) is 6.92 Å². The van der Waals surface area contributed by atoms with E-state index < -0.39 is 6.04 Å². The fourth-order valence-electron chi connectivity index (χ4n) is 4.20.